The van der Waals surface area contributed by atoms with Crippen LogP contribution in [0.4, 0.5) is 0 Å². The topological polar surface area (TPSA) is 208 Å². The lowest BCUT2D eigenvalue weighted by atomic mass is 10.1. The van der Waals surface area contributed by atoms with Crippen molar-refractivity contribution in [2.24, 2.45) is 22.9 Å². The van der Waals surface area contributed by atoms with Gasteiger partial charge in [0.2, 0.25) is 11.9 Å². The Kier molecular flexibility index (Phi) is 7.28. The fourth-order valence-electron chi connectivity index (χ4n) is 1.46. The summed E-state index contributed by atoms with van der Waals surface area (Å²) in [7, 11) is 0. The Bertz CT molecular complexity index is 361. The second-order valence-corrected chi connectivity index (χ2v) is 4.09. The number of hydrazine groups is 2. The fourth-order valence-corrected chi connectivity index (χ4v) is 1.46. The number of aliphatic carboxylic acids is 1. The second-order valence-electron chi connectivity index (χ2n) is 4.09. The van der Waals surface area contributed by atoms with Gasteiger partial charge in [-0.15, -0.1) is 0 Å². The molecule has 2 unspecified atom stereocenters. The molecule has 0 spiro atoms. The summed E-state index contributed by atoms with van der Waals surface area (Å²) in [5.41, 5.74) is 24.1. The highest BCUT2D eigenvalue weighted by Crippen LogP contribution is 2.01. The van der Waals surface area contributed by atoms with E-state index < -0.39 is 18.1 Å². The molecular formula is C9H23N9O2. The van der Waals surface area contributed by atoms with Gasteiger partial charge < -0.3 is 28.0 Å². The van der Waals surface area contributed by atoms with Crippen LogP contribution in [0.15, 0.2) is 0 Å². The minimum Gasteiger partial charge on any atom is -0.480 e. The van der Waals surface area contributed by atoms with E-state index in [4.69, 9.17) is 38.9 Å². The quantitative estimate of drug-likeness (QED) is 0.136. The first-order valence-corrected chi connectivity index (χ1v) is 5.94. The minimum atomic E-state index is -1.18. The highest BCUT2D eigenvalue weighted by molar-refractivity contribution is 5.80. The molecule has 0 heterocycles. The van der Waals surface area contributed by atoms with Crippen LogP contribution in [-0.2, 0) is 4.79 Å². The minimum absolute atomic E-state index is 0.269. The molecule has 0 saturated heterocycles. The maximum Gasteiger partial charge on any atom is 0.322 e. The molecule has 0 saturated carbocycles. The zero-order chi connectivity index (χ0) is 15.9. The molecule has 0 amide bonds. The van der Waals surface area contributed by atoms with Gasteiger partial charge in [-0.3, -0.25) is 21.0 Å². The van der Waals surface area contributed by atoms with Crippen molar-refractivity contribution in [1.29, 1.82) is 10.8 Å². The number of hydrogen-bond acceptors (Lipinski definition) is 6. The molecule has 20 heavy (non-hydrogen) atoms. The van der Waals surface area contributed by atoms with E-state index in [1.54, 1.807) is 11.9 Å². The van der Waals surface area contributed by atoms with Crippen LogP contribution in [-0.4, -0.2) is 58.3 Å². The third kappa shape index (κ3) is 5.69. The van der Waals surface area contributed by atoms with Gasteiger partial charge in [0.25, 0.3) is 0 Å². The van der Waals surface area contributed by atoms with Gasteiger partial charge in [0.15, 0.2) is 0 Å². The summed E-state index contributed by atoms with van der Waals surface area (Å²) in [6, 6.07) is -1.91. The molecule has 0 fully saturated rings. The van der Waals surface area contributed by atoms with E-state index in [0.29, 0.717) is 13.1 Å². The van der Waals surface area contributed by atoms with E-state index in [1.807, 2.05) is 0 Å². The number of carboxylic acids is 1. The first-order chi connectivity index (χ1) is 9.20. The molecule has 0 bridgehead atoms. The van der Waals surface area contributed by atoms with Crippen molar-refractivity contribution >= 4 is 17.9 Å². The number of guanidine groups is 2. The van der Waals surface area contributed by atoms with Crippen LogP contribution in [0.3, 0.4) is 0 Å². The number of carbonyl (C=O) groups is 1. The van der Waals surface area contributed by atoms with Gasteiger partial charge in [-0.25, -0.2) is 0 Å². The van der Waals surface area contributed by atoms with Gasteiger partial charge in [0.05, 0.1) is 0 Å². The number of hydrogen-bond donors (Lipinski definition) is 8. The van der Waals surface area contributed by atoms with E-state index in [2.05, 4.69) is 5.43 Å². The van der Waals surface area contributed by atoms with E-state index >= 15 is 0 Å². The molecule has 116 valence electrons. The van der Waals surface area contributed by atoms with E-state index in [-0.39, 0.29) is 18.3 Å². The molecule has 11 nitrogen and oxygen atoms in total. The van der Waals surface area contributed by atoms with Crippen LogP contribution in [0.1, 0.15) is 13.3 Å². The predicted octanol–water partition coefficient (Wildman–Crippen LogP) is -3.05. The lowest BCUT2D eigenvalue weighted by molar-refractivity contribution is -0.139. The third-order valence-electron chi connectivity index (χ3n) is 2.57. The number of nitrogens with two attached hydrogens (primary N) is 4. The Hall–Kier alpha value is -2.11. The molecular weight excluding hydrogens is 266 g/mol. The summed E-state index contributed by atoms with van der Waals surface area (Å²) in [4.78, 5) is 10.7. The van der Waals surface area contributed by atoms with Crippen LogP contribution < -0.4 is 28.4 Å². The standard InChI is InChI=1S/C9H23N9O2/c1-2-17(18(9(14)15)16-8(12)13)4-3-5(10)6(11)7(19)20/h5-6H,2-4,10-11H2,1H3,(H3,14,15)(H,19,20)(H4,12,13,16). The summed E-state index contributed by atoms with van der Waals surface area (Å²) in [5, 5.41) is 26.0. The van der Waals surface area contributed by atoms with Crippen molar-refractivity contribution in [2.45, 2.75) is 25.4 Å². The molecule has 0 rings (SSSR count). The Morgan fingerprint density at radius 3 is 2.25 bits per heavy atom. The van der Waals surface area contributed by atoms with Crippen molar-refractivity contribution in [2.75, 3.05) is 13.1 Å². The average molecular weight is 289 g/mol. The number of rotatable bonds is 7. The largest absolute Gasteiger partial charge is 0.480 e. The summed E-state index contributed by atoms with van der Waals surface area (Å²) in [5.74, 6) is -1.92. The summed E-state index contributed by atoms with van der Waals surface area (Å²) >= 11 is 0. The van der Waals surface area contributed by atoms with Gasteiger partial charge in [0.1, 0.15) is 6.04 Å². The molecule has 12 N–H and O–H groups in total. The summed E-state index contributed by atoms with van der Waals surface area (Å²) < 4.78 is 0. The Morgan fingerprint density at radius 1 is 1.35 bits per heavy atom. The molecule has 11 heteroatoms. The van der Waals surface area contributed by atoms with Gasteiger partial charge in [0, 0.05) is 19.1 Å². The smallest absolute Gasteiger partial charge is 0.322 e. The van der Waals surface area contributed by atoms with E-state index in [0.717, 1.165) is 5.12 Å². The maximum absolute atomic E-state index is 10.7. The number of nitrogens with zero attached hydrogens (tertiary/aromatic N) is 2. The third-order valence-corrected chi connectivity index (χ3v) is 2.57. The molecule has 0 aliphatic heterocycles. The second kappa shape index (κ2) is 8.14. The van der Waals surface area contributed by atoms with Crippen molar-refractivity contribution in [3.05, 3.63) is 0 Å². The first kappa shape index (κ1) is 17.9. The Labute approximate surface area is 116 Å². The van der Waals surface area contributed by atoms with Crippen molar-refractivity contribution in [3.63, 3.8) is 0 Å². The zero-order valence-corrected chi connectivity index (χ0v) is 11.3. The van der Waals surface area contributed by atoms with Gasteiger partial charge in [-0.1, -0.05) is 6.92 Å². The highest BCUT2D eigenvalue weighted by atomic mass is 16.4. The average Bonchev–Trinajstić information content (AvgIpc) is 2.35. The zero-order valence-electron chi connectivity index (χ0n) is 11.3. The molecule has 0 aromatic carbocycles. The van der Waals surface area contributed by atoms with Crippen molar-refractivity contribution in [3.8, 4) is 0 Å². The maximum atomic E-state index is 10.7. The molecule has 0 aliphatic carbocycles. The predicted molar refractivity (Wildman–Crippen MR) is 74.3 cm³/mol. The normalized spacial score (nSPS) is 13.6. The van der Waals surface area contributed by atoms with Crippen molar-refractivity contribution in [1.82, 2.24) is 15.6 Å². The molecule has 0 aliphatic rings. The monoisotopic (exact) mass is 289 g/mol. The SMILES string of the molecule is CCN(CCC(N)C(N)C(=O)O)N(NC(=N)N)C(=N)N. The lowest BCUT2D eigenvalue weighted by Gasteiger charge is -2.34. The molecule has 0 aromatic rings. The van der Waals surface area contributed by atoms with Crippen LogP contribution in [0.5, 0.6) is 0 Å². The number of carboxylic acid groups (broad SMARTS) is 1. The van der Waals surface area contributed by atoms with Crippen molar-refractivity contribution < 1.29 is 9.90 Å². The van der Waals surface area contributed by atoms with E-state index in [9.17, 15) is 4.79 Å². The molecule has 0 radical (unpaired) electrons. The number of nitrogens with one attached hydrogen (secondary N) is 3. The van der Waals surface area contributed by atoms with Crippen LogP contribution in [0.2, 0.25) is 0 Å². The van der Waals surface area contributed by atoms with E-state index in [1.165, 1.54) is 0 Å². The van der Waals surface area contributed by atoms with Crippen LogP contribution in [0.25, 0.3) is 0 Å². The van der Waals surface area contributed by atoms with Crippen LogP contribution >= 0.6 is 0 Å². The first-order valence-electron chi connectivity index (χ1n) is 5.94. The molecule has 0 aromatic heterocycles. The van der Waals surface area contributed by atoms with Gasteiger partial charge in [-0.2, -0.15) is 10.1 Å². The van der Waals surface area contributed by atoms with Gasteiger partial charge >= 0.3 is 5.97 Å². The summed E-state index contributed by atoms with van der Waals surface area (Å²) in [6.07, 6.45) is 0.269. The Balaban J connectivity index is 4.62. The lowest BCUT2D eigenvalue weighted by Crippen LogP contribution is -2.60. The summed E-state index contributed by atoms with van der Waals surface area (Å²) in [6.45, 7) is 2.52. The molecule has 2 atom stereocenters. The Morgan fingerprint density at radius 2 is 1.90 bits per heavy atom. The fraction of sp³-hybridized carbons (Fsp3) is 0.667. The van der Waals surface area contributed by atoms with Gasteiger partial charge in [-0.05, 0) is 6.42 Å². The van der Waals surface area contributed by atoms with Crippen LogP contribution in [0, 0.1) is 10.8 Å². The highest BCUT2D eigenvalue weighted by Gasteiger charge is 2.23.